The lowest BCUT2D eigenvalue weighted by molar-refractivity contribution is -0.116. The molecule has 16 heavy (non-hydrogen) atoms. The van der Waals surface area contributed by atoms with Crippen LogP contribution < -0.4 is 5.32 Å². The number of amides is 1. The van der Waals surface area contributed by atoms with Gasteiger partial charge in [0.15, 0.2) is 0 Å². The SMILES string of the molecule is CNC(=O)C(C#N)=Cc1ccc(F)cc1F. The summed E-state index contributed by atoms with van der Waals surface area (Å²) in [5, 5.41) is 10.9. The van der Waals surface area contributed by atoms with E-state index in [9.17, 15) is 13.6 Å². The van der Waals surface area contributed by atoms with Gasteiger partial charge in [-0.05, 0) is 18.2 Å². The molecule has 3 nitrogen and oxygen atoms in total. The number of nitriles is 1. The molecule has 0 radical (unpaired) electrons. The Balaban J connectivity index is 3.15. The Bertz CT molecular complexity index is 489. The van der Waals surface area contributed by atoms with Gasteiger partial charge in [0.25, 0.3) is 5.91 Å². The van der Waals surface area contributed by atoms with E-state index in [4.69, 9.17) is 5.26 Å². The van der Waals surface area contributed by atoms with Crippen LogP contribution in [0.1, 0.15) is 5.56 Å². The van der Waals surface area contributed by atoms with E-state index in [0.717, 1.165) is 18.2 Å². The first-order valence-corrected chi connectivity index (χ1v) is 4.37. The Labute approximate surface area is 91.0 Å². The highest BCUT2D eigenvalue weighted by atomic mass is 19.1. The molecule has 0 saturated carbocycles. The van der Waals surface area contributed by atoms with Crippen molar-refractivity contribution in [3.05, 3.63) is 41.0 Å². The highest BCUT2D eigenvalue weighted by Crippen LogP contribution is 2.13. The van der Waals surface area contributed by atoms with E-state index in [0.29, 0.717) is 6.07 Å². The first kappa shape index (κ1) is 11.9. The van der Waals surface area contributed by atoms with Gasteiger partial charge in [-0.2, -0.15) is 5.26 Å². The van der Waals surface area contributed by atoms with Crippen LogP contribution in [0.5, 0.6) is 0 Å². The molecule has 0 unspecified atom stereocenters. The quantitative estimate of drug-likeness (QED) is 0.610. The summed E-state index contributed by atoms with van der Waals surface area (Å²) in [6.45, 7) is 0. The molecule has 0 spiro atoms. The second kappa shape index (κ2) is 5.03. The summed E-state index contributed by atoms with van der Waals surface area (Å²) in [6.07, 6.45) is 1.06. The first-order chi connectivity index (χ1) is 7.58. The predicted molar refractivity (Wildman–Crippen MR) is 54.0 cm³/mol. The van der Waals surface area contributed by atoms with E-state index >= 15 is 0 Å². The highest BCUT2D eigenvalue weighted by molar-refractivity contribution is 6.01. The van der Waals surface area contributed by atoms with Crippen LogP contribution in [0.25, 0.3) is 6.08 Å². The van der Waals surface area contributed by atoms with Crippen molar-refractivity contribution in [1.82, 2.24) is 5.32 Å². The number of rotatable bonds is 2. The third-order valence-corrected chi connectivity index (χ3v) is 1.85. The average Bonchev–Trinajstić information content (AvgIpc) is 2.27. The normalized spacial score (nSPS) is 10.8. The van der Waals surface area contributed by atoms with E-state index in [2.05, 4.69) is 5.32 Å². The van der Waals surface area contributed by atoms with Crippen LogP contribution in [-0.2, 0) is 4.79 Å². The van der Waals surface area contributed by atoms with E-state index in [1.807, 2.05) is 0 Å². The average molecular weight is 222 g/mol. The maximum absolute atomic E-state index is 13.2. The van der Waals surface area contributed by atoms with Gasteiger partial charge >= 0.3 is 0 Å². The van der Waals surface area contributed by atoms with Crippen LogP contribution in [0.3, 0.4) is 0 Å². The number of hydrogen-bond donors (Lipinski definition) is 1. The zero-order chi connectivity index (χ0) is 12.1. The third kappa shape index (κ3) is 2.64. The number of nitrogens with one attached hydrogen (secondary N) is 1. The lowest BCUT2D eigenvalue weighted by Crippen LogP contribution is -2.19. The molecule has 5 heteroatoms. The third-order valence-electron chi connectivity index (χ3n) is 1.85. The first-order valence-electron chi connectivity index (χ1n) is 4.37. The van der Waals surface area contributed by atoms with Gasteiger partial charge in [0, 0.05) is 18.7 Å². The van der Waals surface area contributed by atoms with Crippen LogP contribution >= 0.6 is 0 Å². The summed E-state index contributed by atoms with van der Waals surface area (Å²) >= 11 is 0. The summed E-state index contributed by atoms with van der Waals surface area (Å²) in [5.74, 6) is -2.16. The molecule has 0 aromatic heterocycles. The van der Waals surface area contributed by atoms with Crippen molar-refractivity contribution in [2.75, 3.05) is 7.05 Å². The van der Waals surface area contributed by atoms with Crippen LogP contribution in [0.15, 0.2) is 23.8 Å². The Kier molecular flexibility index (Phi) is 3.72. The smallest absolute Gasteiger partial charge is 0.261 e. The molecule has 82 valence electrons. The van der Waals surface area contributed by atoms with Gasteiger partial charge in [0.05, 0.1) is 0 Å². The molecule has 0 heterocycles. The van der Waals surface area contributed by atoms with Gasteiger partial charge in [0.1, 0.15) is 23.3 Å². The van der Waals surface area contributed by atoms with Crippen molar-refractivity contribution in [3.8, 4) is 6.07 Å². The highest BCUT2D eigenvalue weighted by Gasteiger charge is 2.08. The molecular weight excluding hydrogens is 214 g/mol. The van der Waals surface area contributed by atoms with E-state index in [1.165, 1.54) is 7.05 Å². The van der Waals surface area contributed by atoms with Crippen molar-refractivity contribution in [1.29, 1.82) is 5.26 Å². The minimum absolute atomic E-state index is 0.0125. The largest absolute Gasteiger partial charge is 0.354 e. The molecule has 0 aliphatic carbocycles. The predicted octanol–water partition coefficient (Wildman–Crippen LogP) is 1.62. The Morgan fingerprint density at radius 2 is 2.19 bits per heavy atom. The Morgan fingerprint density at radius 1 is 1.50 bits per heavy atom. The van der Waals surface area contributed by atoms with Gasteiger partial charge in [-0.25, -0.2) is 8.78 Å². The molecule has 0 aliphatic rings. The van der Waals surface area contributed by atoms with Crippen LogP contribution in [0.4, 0.5) is 8.78 Å². The van der Waals surface area contributed by atoms with Crippen molar-refractivity contribution >= 4 is 12.0 Å². The Morgan fingerprint density at radius 3 is 2.69 bits per heavy atom. The number of hydrogen-bond acceptors (Lipinski definition) is 2. The maximum Gasteiger partial charge on any atom is 0.261 e. The fourth-order valence-corrected chi connectivity index (χ4v) is 1.06. The summed E-state index contributed by atoms with van der Waals surface area (Å²) in [5.41, 5.74) is -0.255. The lowest BCUT2D eigenvalue weighted by atomic mass is 10.1. The zero-order valence-electron chi connectivity index (χ0n) is 8.42. The molecular formula is C11H8F2N2O. The van der Waals surface area contributed by atoms with Crippen molar-refractivity contribution < 1.29 is 13.6 Å². The van der Waals surface area contributed by atoms with Gasteiger partial charge < -0.3 is 5.32 Å². The van der Waals surface area contributed by atoms with Gasteiger partial charge in [-0.3, -0.25) is 4.79 Å². The summed E-state index contributed by atoms with van der Waals surface area (Å²) in [7, 11) is 1.36. The molecule has 1 aromatic rings. The zero-order valence-corrected chi connectivity index (χ0v) is 8.42. The number of carbonyl (C=O) groups is 1. The number of benzene rings is 1. The van der Waals surface area contributed by atoms with Gasteiger partial charge in [-0.1, -0.05) is 0 Å². The van der Waals surface area contributed by atoms with Gasteiger partial charge in [0.2, 0.25) is 0 Å². The van der Waals surface area contributed by atoms with Gasteiger partial charge in [-0.15, -0.1) is 0 Å². The lowest BCUT2D eigenvalue weighted by Gasteiger charge is -1.99. The van der Waals surface area contributed by atoms with Crippen molar-refractivity contribution in [2.45, 2.75) is 0 Å². The molecule has 0 fully saturated rings. The molecule has 0 saturated heterocycles. The maximum atomic E-state index is 13.2. The van der Waals surface area contributed by atoms with E-state index in [-0.39, 0.29) is 11.1 Å². The van der Waals surface area contributed by atoms with Crippen molar-refractivity contribution in [2.24, 2.45) is 0 Å². The summed E-state index contributed by atoms with van der Waals surface area (Å²) in [4.78, 5) is 11.1. The number of carbonyl (C=O) groups excluding carboxylic acids is 1. The number of likely N-dealkylation sites (N-methyl/N-ethyl adjacent to an activating group) is 1. The van der Waals surface area contributed by atoms with Crippen molar-refractivity contribution in [3.63, 3.8) is 0 Å². The topological polar surface area (TPSA) is 52.9 Å². The number of halogens is 2. The Hall–Kier alpha value is -2.22. The van der Waals surface area contributed by atoms with Crippen LogP contribution in [0.2, 0.25) is 0 Å². The minimum atomic E-state index is -0.823. The monoisotopic (exact) mass is 222 g/mol. The minimum Gasteiger partial charge on any atom is -0.354 e. The van der Waals surface area contributed by atoms with Crippen LogP contribution in [-0.4, -0.2) is 13.0 Å². The molecule has 1 rings (SSSR count). The molecule has 0 bridgehead atoms. The van der Waals surface area contributed by atoms with Crippen LogP contribution in [0, 0.1) is 23.0 Å². The molecule has 0 atom stereocenters. The molecule has 0 aliphatic heterocycles. The van der Waals surface area contributed by atoms with E-state index in [1.54, 1.807) is 6.07 Å². The molecule has 1 N–H and O–H groups in total. The molecule has 1 aromatic carbocycles. The summed E-state index contributed by atoms with van der Waals surface area (Å²) < 4.78 is 25.8. The summed E-state index contributed by atoms with van der Waals surface area (Å²) in [6, 6.07) is 4.52. The second-order valence-corrected chi connectivity index (χ2v) is 2.91. The fourth-order valence-electron chi connectivity index (χ4n) is 1.06. The second-order valence-electron chi connectivity index (χ2n) is 2.91. The standard InChI is InChI=1S/C11H8F2N2O/c1-15-11(16)8(6-14)4-7-2-3-9(12)5-10(7)13/h2-5H,1H3,(H,15,16). The molecule has 1 amide bonds. The van der Waals surface area contributed by atoms with E-state index < -0.39 is 17.5 Å². The fraction of sp³-hybridized carbons (Fsp3) is 0.0909. The number of nitrogens with zero attached hydrogens (tertiary/aromatic N) is 1.